The zero-order chi connectivity index (χ0) is 17.5. The van der Waals surface area contributed by atoms with Crippen molar-refractivity contribution in [3.8, 4) is 0 Å². The first kappa shape index (κ1) is 17.9. The molecular weight excluding hydrogens is 377 g/mol. The molecule has 4 nitrogen and oxygen atoms in total. The molecule has 0 saturated carbocycles. The third-order valence-corrected chi connectivity index (χ3v) is 3.74. The smallest absolute Gasteiger partial charge is 0.343 e. The number of rotatable bonds is 5. The molecule has 0 heterocycles. The summed E-state index contributed by atoms with van der Waals surface area (Å²) in [5.74, 6) is -1.34. The maximum Gasteiger partial charge on any atom is 0.343 e. The molecule has 0 aliphatic carbocycles. The van der Waals surface area contributed by atoms with Gasteiger partial charge in [0.05, 0.1) is 12.3 Å². The van der Waals surface area contributed by atoms with Crippen molar-refractivity contribution in [2.24, 2.45) is 4.99 Å². The highest BCUT2D eigenvalue weighted by molar-refractivity contribution is 9.10. The van der Waals surface area contributed by atoms with Gasteiger partial charge in [-0.15, -0.1) is 0 Å². The predicted molar refractivity (Wildman–Crippen MR) is 94.9 cm³/mol. The lowest BCUT2D eigenvalue weighted by Gasteiger charge is -2.08. The van der Waals surface area contributed by atoms with Gasteiger partial charge in [-0.2, -0.15) is 0 Å². The number of aliphatic hydroxyl groups excluding tert-OH is 1. The van der Waals surface area contributed by atoms with E-state index in [1.54, 1.807) is 31.2 Å². The molecule has 2 rings (SSSR count). The van der Waals surface area contributed by atoms with Crippen molar-refractivity contribution in [3.63, 3.8) is 0 Å². The number of esters is 1. The largest absolute Gasteiger partial charge is 0.506 e. The number of aliphatic hydroxyl groups is 1. The molecule has 2 aromatic carbocycles. The molecule has 0 bridgehead atoms. The Balaban J connectivity index is 2.44. The lowest BCUT2D eigenvalue weighted by Crippen LogP contribution is -2.11. The molecule has 2 aromatic rings. The van der Waals surface area contributed by atoms with Crippen LogP contribution in [-0.2, 0) is 9.53 Å². The van der Waals surface area contributed by atoms with Crippen LogP contribution in [-0.4, -0.2) is 23.9 Å². The highest BCUT2D eigenvalue weighted by Gasteiger charge is 2.17. The van der Waals surface area contributed by atoms with Gasteiger partial charge < -0.3 is 9.84 Å². The SMILES string of the molecule is CCOC(=O)/C(C=Nc1ccc(F)cc1)=C(/O)c1ccccc1Br. The van der Waals surface area contributed by atoms with Crippen molar-refractivity contribution >= 4 is 39.6 Å². The van der Waals surface area contributed by atoms with Gasteiger partial charge in [-0.05, 0) is 37.3 Å². The molecule has 0 fully saturated rings. The third-order valence-electron chi connectivity index (χ3n) is 3.05. The first-order chi connectivity index (χ1) is 11.5. The van der Waals surface area contributed by atoms with Gasteiger partial charge in [0.1, 0.15) is 17.1 Å². The highest BCUT2D eigenvalue weighted by Crippen LogP contribution is 2.25. The van der Waals surface area contributed by atoms with Crippen LogP contribution < -0.4 is 0 Å². The highest BCUT2D eigenvalue weighted by atomic mass is 79.9. The number of aliphatic imine (C=N–C) groups is 1. The van der Waals surface area contributed by atoms with Gasteiger partial charge in [0.2, 0.25) is 0 Å². The van der Waals surface area contributed by atoms with Crippen LogP contribution in [0.3, 0.4) is 0 Å². The molecular formula is C18H15BrFNO3. The Kier molecular flexibility index (Phi) is 6.26. The number of ether oxygens (including phenoxy) is 1. The Labute approximate surface area is 147 Å². The van der Waals surface area contributed by atoms with E-state index in [4.69, 9.17) is 4.74 Å². The van der Waals surface area contributed by atoms with Gasteiger partial charge in [-0.25, -0.2) is 9.18 Å². The molecule has 6 heteroatoms. The van der Waals surface area contributed by atoms with E-state index in [2.05, 4.69) is 20.9 Å². The Hall–Kier alpha value is -2.47. The first-order valence-corrected chi connectivity index (χ1v) is 7.97. The van der Waals surface area contributed by atoms with Gasteiger partial charge in [-0.1, -0.05) is 34.1 Å². The summed E-state index contributed by atoms with van der Waals surface area (Å²) < 4.78 is 18.5. The average molecular weight is 392 g/mol. The number of carbonyl (C=O) groups excluding carboxylic acids is 1. The van der Waals surface area contributed by atoms with Crippen molar-refractivity contribution in [1.29, 1.82) is 0 Å². The monoisotopic (exact) mass is 391 g/mol. The second kappa shape index (κ2) is 8.40. The third kappa shape index (κ3) is 4.52. The summed E-state index contributed by atoms with van der Waals surface area (Å²) >= 11 is 3.32. The summed E-state index contributed by atoms with van der Waals surface area (Å²) in [7, 11) is 0. The Morgan fingerprint density at radius 3 is 2.54 bits per heavy atom. The molecule has 0 spiro atoms. The number of carbonyl (C=O) groups is 1. The van der Waals surface area contributed by atoms with Crippen LogP contribution in [0.1, 0.15) is 12.5 Å². The van der Waals surface area contributed by atoms with Crippen LogP contribution in [0, 0.1) is 5.82 Å². The zero-order valence-corrected chi connectivity index (χ0v) is 14.5. The second-order valence-corrected chi connectivity index (χ2v) is 5.55. The van der Waals surface area contributed by atoms with Crippen molar-refractivity contribution < 1.29 is 19.0 Å². The number of hydrogen-bond acceptors (Lipinski definition) is 4. The van der Waals surface area contributed by atoms with Crippen LogP contribution >= 0.6 is 15.9 Å². The van der Waals surface area contributed by atoms with Crippen molar-refractivity contribution in [2.45, 2.75) is 6.92 Å². The summed E-state index contributed by atoms with van der Waals surface area (Å²) in [6, 6.07) is 12.4. The fourth-order valence-electron chi connectivity index (χ4n) is 1.88. The van der Waals surface area contributed by atoms with Gasteiger partial charge in [-0.3, -0.25) is 4.99 Å². The van der Waals surface area contributed by atoms with E-state index < -0.39 is 5.97 Å². The second-order valence-electron chi connectivity index (χ2n) is 4.70. The van der Waals surface area contributed by atoms with Crippen molar-refractivity contribution in [1.82, 2.24) is 0 Å². The van der Waals surface area contributed by atoms with E-state index in [0.717, 1.165) is 0 Å². The fourth-order valence-corrected chi connectivity index (χ4v) is 2.36. The minimum atomic E-state index is -0.698. The fraction of sp³-hybridized carbons (Fsp3) is 0.111. The molecule has 0 atom stereocenters. The van der Waals surface area contributed by atoms with Crippen LogP contribution in [0.2, 0.25) is 0 Å². The van der Waals surface area contributed by atoms with Crippen molar-refractivity contribution in [2.75, 3.05) is 6.61 Å². The Bertz CT molecular complexity index is 785. The minimum Gasteiger partial charge on any atom is -0.506 e. The molecule has 0 aliphatic heterocycles. The number of nitrogens with zero attached hydrogens (tertiary/aromatic N) is 1. The normalized spacial score (nSPS) is 12.1. The van der Waals surface area contributed by atoms with E-state index in [-0.39, 0.29) is 23.8 Å². The summed E-state index contributed by atoms with van der Waals surface area (Å²) in [4.78, 5) is 16.2. The Morgan fingerprint density at radius 1 is 1.25 bits per heavy atom. The summed E-state index contributed by atoms with van der Waals surface area (Å²) in [5, 5.41) is 10.5. The average Bonchev–Trinajstić information content (AvgIpc) is 2.57. The molecule has 1 N–H and O–H groups in total. The van der Waals surface area contributed by atoms with Crippen molar-refractivity contribution in [3.05, 3.63) is 70.0 Å². The quantitative estimate of drug-likeness (QED) is 0.344. The van der Waals surface area contributed by atoms with E-state index in [1.165, 1.54) is 30.5 Å². The lowest BCUT2D eigenvalue weighted by molar-refractivity contribution is -0.137. The molecule has 0 unspecified atom stereocenters. The zero-order valence-electron chi connectivity index (χ0n) is 12.9. The molecule has 0 amide bonds. The van der Waals surface area contributed by atoms with E-state index in [0.29, 0.717) is 15.7 Å². The van der Waals surface area contributed by atoms with E-state index >= 15 is 0 Å². The van der Waals surface area contributed by atoms with Gasteiger partial charge >= 0.3 is 5.97 Å². The van der Waals surface area contributed by atoms with Gasteiger partial charge in [0.25, 0.3) is 0 Å². The van der Waals surface area contributed by atoms with Crippen LogP contribution in [0.4, 0.5) is 10.1 Å². The predicted octanol–water partition coefficient (Wildman–Crippen LogP) is 4.82. The van der Waals surface area contributed by atoms with Gasteiger partial charge in [0.15, 0.2) is 0 Å². The first-order valence-electron chi connectivity index (χ1n) is 7.17. The van der Waals surface area contributed by atoms with E-state index in [9.17, 15) is 14.3 Å². The molecule has 0 saturated heterocycles. The summed E-state index contributed by atoms with van der Waals surface area (Å²) in [6.07, 6.45) is 1.21. The standard InChI is InChI=1S/C18H15BrFNO3/c1-2-24-18(23)15(11-21-13-9-7-12(20)8-10-13)17(22)14-5-3-4-6-16(14)19/h3-11,22H,2H2,1H3/b17-15+,21-11?. The molecule has 24 heavy (non-hydrogen) atoms. The topological polar surface area (TPSA) is 58.9 Å². The molecule has 124 valence electrons. The van der Waals surface area contributed by atoms with Crippen LogP contribution in [0.5, 0.6) is 0 Å². The number of benzene rings is 2. The van der Waals surface area contributed by atoms with Crippen LogP contribution in [0.15, 0.2) is 63.6 Å². The van der Waals surface area contributed by atoms with E-state index in [1.807, 2.05) is 0 Å². The summed E-state index contributed by atoms with van der Waals surface area (Å²) in [6.45, 7) is 1.83. The Morgan fingerprint density at radius 2 is 1.92 bits per heavy atom. The summed E-state index contributed by atoms with van der Waals surface area (Å²) in [5.41, 5.74) is 0.789. The number of hydrogen-bond donors (Lipinski definition) is 1. The maximum absolute atomic E-state index is 12.9. The number of halogens is 2. The molecule has 0 aliphatic rings. The lowest BCUT2D eigenvalue weighted by atomic mass is 10.1. The minimum absolute atomic E-state index is 0.0897. The van der Waals surface area contributed by atoms with Crippen LogP contribution in [0.25, 0.3) is 5.76 Å². The van der Waals surface area contributed by atoms with Gasteiger partial charge in [0, 0.05) is 16.3 Å². The maximum atomic E-state index is 12.9. The molecule has 0 radical (unpaired) electrons. The molecule has 0 aromatic heterocycles.